The van der Waals surface area contributed by atoms with Gasteiger partial charge in [-0.3, -0.25) is 4.98 Å². The quantitative estimate of drug-likeness (QED) is 0.660. The third-order valence-electron chi connectivity index (χ3n) is 2.43. The Labute approximate surface area is 106 Å². The predicted molar refractivity (Wildman–Crippen MR) is 67.0 cm³/mol. The average molecular weight is 253 g/mol. The number of hydrogen-bond acceptors (Lipinski definition) is 4. The summed E-state index contributed by atoms with van der Waals surface area (Å²) in [6.45, 7) is 2.46. The lowest BCUT2D eigenvalue weighted by atomic mass is 10.2. The lowest BCUT2D eigenvalue weighted by Crippen LogP contribution is -2.42. The molecule has 0 aliphatic carbocycles. The molecule has 2 amide bonds. The summed E-state index contributed by atoms with van der Waals surface area (Å²) in [6.07, 6.45) is 1.69. The maximum absolute atomic E-state index is 11.8. The summed E-state index contributed by atoms with van der Waals surface area (Å²) < 4.78 is 0. The van der Waals surface area contributed by atoms with Crippen molar-refractivity contribution in [3.63, 3.8) is 0 Å². The molecule has 0 fully saturated rings. The van der Waals surface area contributed by atoms with Gasteiger partial charge >= 0.3 is 6.03 Å². The van der Waals surface area contributed by atoms with Gasteiger partial charge in [-0.15, -0.1) is 0 Å². The van der Waals surface area contributed by atoms with E-state index in [-0.39, 0.29) is 32.3 Å². The van der Waals surface area contributed by atoms with E-state index in [1.165, 1.54) is 4.90 Å². The zero-order valence-corrected chi connectivity index (χ0v) is 10.5. The van der Waals surface area contributed by atoms with Gasteiger partial charge in [0.05, 0.1) is 13.2 Å². The second-order valence-corrected chi connectivity index (χ2v) is 3.90. The Morgan fingerprint density at radius 3 is 2.61 bits per heavy atom. The first kappa shape index (κ1) is 14.4. The molecule has 6 heteroatoms. The molecule has 0 aromatic carbocycles. The van der Waals surface area contributed by atoms with Crippen molar-refractivity contribution in [1.29, 1.82) is 0 Å². The highest BCUT2D eigenvalue weighted by Crippen LogP contribution is 2.00. The van der Waals surface area contributed by atoms with Crippen molar-refractivity contribution >= 4 is 6.03 Å². The third kappa shape index (κ3) is 4.68. The summed E-state index contributed by atoms with van der Waals surface area (Å²) in [5.74, 6) is 0. The molecule has 0 radical (unpaired) electrons. The van der Waals surface area contributed by atoms with Gasteiger partial charge in [0.25, 0.3) is 0 Å². The monoisotopic (exact) mass is 253 g/mol. The van der Waals surface area contributed by atoms with E-state index < -0.39 is 0 Å². The number of aryl methyl sites for hydroxylation is 1. The smallest absolute Gasteiger partial charge is 0.317 e. The Kier molecular flexibility index (Phi) is 6.10. The van der Waals surface area contributed by atoms with E-state index in [2.05, 4.69) is 10.3 Å². The molecule has 6 nitrogen and oxygen atoms in total. The molecule has 0 saturated carbocycles. The number of carbonyl (C=O) groups is 1. The summed E-state index contributed by atoms with van der Waals surface area (Å²) in [7, 11) is 0. The summed E-state index contributed by atoms with van der Waals surface area (Å²) in [5, 5.41) is 20.4. The molecule has 0 spiro atoms. The highest BCUT2D eigenvalue weighted by Gasteiger charge is 2.11. The summed E-state index contributed by atoms with van der Waals surface area (Å²) in [6, 6.07) is 3.42. The van der Waals surface area contributed by atoms with Crippen molar-refractivity contribution < 1.29 is 15.0 Å². The first-order valence-electron chi connectivity index (χ1n) is 5.83. The minimum atomic E-state index is -0.299. The zero-order chi connectivity index (χ0) is 13.4. The van der Waals surface area contributed by atoms with Gasteiger partial charge in [0.15, 0.2) is 0 Å². The molecule has 18 heavy (non-hydrogen) atoms. The fraction of sp³-hybridized carbons (Fsp3) is 0.500. The van der Waals surface area contributed by atoms with Crippen LogP contribution in [0.25, 0.3) is 0 Å². The van der Waals surface area contributed by atoms with Crippen LogP contribution in [0.2, 0.25) is 0 Å². The SMILES string of the molecule is Cc1cc(CNC(=O)N(CCO)CCO)ccn1. The molecule has 0 unspecified atom stereocenters. The molecular weight excluding hydrogens is 234 g/mol. The van der Waals surface area contributed by atoms with Crippen LogP contribution in [0.5, 0.6) is 0 Å². The number of aromatic nitrogens is 1. The Bertz CT molecular complexity index is 379. The van der Waals surface area contributed by atoms with Crippen LogP contribution in [0.15, 0.2) is 18.3 Å². The van der Waals surface area contributed by atoms with Crippen molar-refractivity contribution in [2.45, 2.75) is 13.5 Å². The van der Waals surface area contributed by atoms with E-state index in [9.17, 15) is 4.79 Å². The number of carbonyl (C=O) groups excluding carboxylic acids is 1. The fourth-order valence-corrected chi connectivity index (χ4v) is 1.56. The summed E-state index contributed by atoms with van der Waals surface area (Å²) >= 11 is 0. The first-order chi connectivity index (χ1) is 8.67. The molecule has 100 valence electrons. The molecule has 3 N–H and O–H groups in total. The molecule has 0 aliphatic heterocycles. The molecule has 0 saturated heterocycles. The van der Waals surface area contributed by atoms with Crippen molar-refractivity contribution in [3.8, 4) is 0 Å². The number of amides is 2. The van der Waals surface area contributed by atoms with Gasteiger partial charge in [0.1, 0.15) is 0 Å². The van der Waals surface area contributed by atoms with Gasteiger partial charge in [0, 0.05) is 31.5 Å². The van der Waals surface area contributed by atoms with Crippen molar-refractivity contribution in [2.24, 2.45) is 0 Å². The molecule has 1 aromatic heterocycles. The molecule has 1 aromatic rings. The largest absolute Gasteiger partial charge is 0.395 e. The molecule has 1 heterocycles. The van der Waals surface area contributed by atoms with Crippen molar-refractivity contribution in [2.75, 3.05) is 26.3 Å². The number of aliphatic hydroxyl groups excluding tert-OH is 2. The van der Waals surface area contributed by atoms with Gasteiger partial charge in [-0.2, -0.15) is 0 Å². The summed E-state index contributed by atoms with van der Waals surface area (Å²) in [4.78, 5) is 17.2. The Morgan fingerprint density at radius 1 is 1.39 bits per heavy atom. The maximum atomic E-state index is 11.8. The van der Waals surface area contributed by atoms with E-state index in [4.69, 9.17) is 10.2 Å². The van der Waals surface area contributed by atoms with Gasteiger partial charge < -0.3 is 20.4 Å². The minimum absolute atomic E-state index is 0.123. The van der Waals surface area contributed by atoms with E-state index in [0.717, 1.165) is 11.3 Å². The van der Waals surface area contributed by atoms with Crippen LogP contribution in [0.1, 0.15) is 11.3 Å². The number of aliphatic hydroxyl groups is 2. The molecule has 0 atom stereocenters. The standard InChI is InChI=1S/C12H19N3O3/c1-10-8-11(2-3-13-10)9-14-12(18)15(4-6-16)5-7-17/h2-3,8,16-17H,4-7,9H2,1H3,(H,14,18). The number of pyridine rings is 1. The Hall–Kier alpha value is -1.66. The van der Waals surface area contributed by atoms with Crippen molar-refractivity contribution in [3.05, 3.63) is 29.6 Å². The fourth-order valence-electron chi connectivity index (χ4n) is 1.56. The molecule has 0 bridgehead atoms. The minimum Gasteiger partial charge on any atom is -0.395 e. The number of urea groups is 1. The van der Waals surface area contributed by atoms with Crippen LogP contribution in [-0.2, 0) is 6.54 Å². The predicted octanol–water partition coefficient (Wildman–Crippen LogP) is -0.114. The Balaban J connectivity index is 2.48. The van der Waals surface area contributed by atoms with Gasteiger partial charge in [-0.05, 0) is 24.6 Å². The van der Waals surface area contributed by atoms with Crippen LogP contribution < -0.4 is 5.32 Å². The number of nitrogens with zero attached hydrogens (tertiary/aromatic N) is 2. The van der Waals surface area contributed by atoms with Crippen molar-refractivity contribution in [1.82, 2.24) is 15.2 Å². The maximum Gasteiger partial charge on any atom is 0.317 e. The third-order valence-corrected chi connectivity index (χ3v) is 2.43. The first-order valence-corrected chi connectivity index (χ1v) is 5.83. The van der Waals surface area contributed by atoms with Crippen LogP contribution in [0.3, 0.4) is 0 Å². The number of rotatable bonds is 6. The van der Waals surface area contributed by atoms with E-state index in [1.54, 1.807) is 6.20 Å². The van der Waals surface area contributed by atoms with Gasteiger partial charge in [-0.1, -0.05) is 0 Å². The second kappa shape index (κ2) is 7.62. The summed E-state index contributed by atoms with van der Waals surface area (Å²) in [5.41, 5.74) is 1.85. The Morgan fingerprint density at radius 2 is 2.06 bits per heavy atom. The van der Waals surface area contributed by atoms with Crippen LogP contribution in [0.4, 0.5) is 4.79 Å². The van der Waals surface area contributed by atoms with Crippen LogP contribution in [0, 0.1) is 6.92 Å². The second-order valence-electron chi connectivity index (χ2n) is 3.90. The van der Waals surface area contributed by atoms with Crippen LogP contribution >= 0.6 is 0 Å². The topological polar surface area (TPSA) is 85.7 Å². The van der Waals surface area contributed by atoms with E-state index >= 15 is 0 Å². The molecular formula is C12H19N3O3. The molecule has 0 aliphatic rings. The zero-order valence-electron chi connectivity index (χ0n) is 10.5. The van der Waals surface area contributed by atoms with E-state index in [1.807, 2.05) is 19.1 Å². The highest BCUT2D eigenvalue weighted by atomic mass is 16.3. The van der Waals surface area contributed by atoms with E-state index in [0.29, 0.717) is 6.54 Å². The lowest BCUT2D eigenvalue weighted by Gasteiger charge is -2.21. The van der Waals surface area contributed by atoms with Crippen LogP contribution in [-0.4, -0.2) is 52.4 Å². The van der Waals surface area contributed by atoms with Gasteiger partial charge in [0.2, 0.25) is 0 Å². The molecule has 1 rings (SSSR count). The lowest BCUT2D eigenvalue weighted by molar-refractivity contribution is 0.158. The normalized spacial score (nSPS) is 10.2. The number of hydrogen-bond donors (Lipinski definition) is 3. The average Bonchev–Trinajstić information content (AvgIpc) is 2.36. The van der Waals surface area contributed by atoms with Gasteiger partial charge in [-0.25, -0.2) is 4.79 Å². The number of nitrogens with one attached hydrogen (secondary N) is 1. The highest BCUT2D eigenvalue weighted by molar-refractivity contribution is 5.74.